The molecule has 1 aromatic heterocycles. The van der Waals surface area contributed by atoms with Gasteiger partial charge >= 0.3 is 0 Å². The van der Waals surface area contributed by atoms with Crippen molar-refractivity contribution in [2.24, 2.45) is 0 Å². The molecule has 162 valence electrons. The van der Waals surface area contributed by atoms with Crippen molar-refractivity contribution in [3.63, 3.8) is 0 Å². The van der Waals surface area contributed by atoms with Crippen molar-refractivity contribution in [1.82, 2.24) is 9.88 Å². The number of rotatable bonds is 7. The fraction of sp³-hybridized carbons (Fsp3) is 0.333. The number of hydrogen-bond acceptors (Lipinski definition) is 5. The fourth-order valence-electron chi connectivity index (χ4n) is 4.00. The molecular weight excluding hydrogens is 416 g/mol. The van der Waals surface area contributed by atoms with Gasteiger partial charge in [-0.25, -0.2) is 4.98 Å². The minimum absolute atomic E-state index is 0.0431. The highest BCUT2D eigenvalue weighted by Gasteiger charge is 2.30. The van der Waals surface area contributed by atoms with Crippen LogP contribution in [0.3, 0.4) is 0 Å². The second kappa shape index (κ2) is 9.43. The highest BCUT2D eigenvalue weighted by atomic mass is 35.5. The van der Waals surface area contributed by atoms with Gasteiger partial charge in [0.15, 0.2) is 23.1 Å². The van der Waals surface area contributed by atoms with Gasteiger partial charge in [-0.05, 0) is 54.8 Å². The highest BCUT2D eigenvalue weighted by molar-refractivity contribution is 6.30. The molecule has 0 spiro atoms. The molecule has 1 atom stereocenters. The smallest absolute Gasteiger partial charge is 0.223 e. The molecule has 1 fully saturated rings. The van der Waals surface area contributed by atoms with Crippen molar-refractivity contribution >= 4 is 17.5 Å². The molecule has 3 aromatic rings. The van der Waals surface area contributed by atoms with Gasteiger partial charge in [-0.2, -0.15) is 0 Å². The first-order valence-electron chi connectivity index (χ1n) is 10.3. The zero-order valence-corrected chi connectivity index (χ0v) is 18.4. The average molecular weight is 441 g/mol. The second-order valence-corrected chi connectivity index (χ2v) is 7.92. The van der Waals surface area contributed by atoms with E-state index in [-0.39, 0.29) is 11.9 Å². The quantitative estimate of drug-likeness (QED) is 0.498. The molecule has 31 heavy (non-hydrogen) atoms. The van der Waals surface area contributed by atoms with Crippen molar-refractivity contribution in [2.45, 2.75) is 31.7 Å². The van der Waals surface area contributed by atoms with E-state index in [9.17, 15) is 4.79 Å². The zero-order chi connectivity index (χ0) is 21.8. The van der Waals surface area contributed by atoms with Gasteiger partial charge in [0.1, 0.15) is 0 Å². The third kappa shape index (κ3) is 4.69. The van der Waals surface area contributed by atoms with E-state index in [2.05, 4.69) is 4.98 Å². The van der Waals surface area contributed by atoms with Crippen LogP contribution in [0.1, 0.15) is 36.8 Å². The van der Waals surface area contributed by atoms with E-state index in [0.29, 0.717) is 41.0 Å². The van der Waals surface area contributed by atoms with Crippen LogP contribution in [0.2, 0.25) is 5.02 Å². The van der Waals surface area contributed by atoms with Gasteiger partial charge in [-0.3, -0.25) is 4.79 Å². The minimum atomic E-state index is 0.0431. The molecule has 1 amide bonds. The lowest BCUT2D eigenvalue weighted by atomic mass is 10.0. The first kappa shape index (κ1) is 21.2. The summed E-state index contributed by atoms with van der Waals surface area (Å²) in [5.41, 5.74) is 1.96. The normalized spacial score (nSPS) is 15.8. The Hall–Kier alpha value is -2.99. The number of likely N-dealkylation sites (tertiary alicyclic amines) is 1. The Morgan fingerprint density at radius 2 is 1.94 bits per heavy atom. The molecular formula is C24H25ClN2O4. The molecule has 1 aliphatic heterocycles. The number of nitrogens with zero attached hydrogens (tertiary/aromatic N) is 2. The van der Waals surface area contributed by atoms with E-state index in [1.807, 2.05) is 47.4 Å². The lowest BCUT2D eigenvalue weighted by molar-refractivity contribution is -0.132. The van der Waals surface area contributed by atoms with E-state index in [1.165, 1.54) is 0 Å². The second-order valence-electron chi connectivity index (χ2n) is 7.48. The van der Waals surface area contributed by atoms with Crippen molar-refractivity contribution in [2.75, 3.05) is 20.8 Å². The third-order valence-corrected chi connectivity index (χ3v) is 5.85. The number of aromatic nitrogens is 1. The summed E-state index contributed by atoms with van der Waals surface area (Å²) in [6, 6.07) is 13.3. The zero-order valence-electron chi connectivity index (χ0n) is 17.6. The first-order valence-corrected chi connectivity index (χ1v) is 10.7. The molecule has 1 saturated heterocycles. The molecule has 0 radical (unpaired) electrons. The number of carbonyl (C=O) groups excluding carboxylic acids is 1. The van der Waals surface area contributed by atoms with Crippen molar-refractivity contribution < 1.29 is 18.7 Å². The summed E-state index contributed by atoms with van der Waals surface area (Å²) in [5, 5.41) is 0.670. The van der Waals surface area contributed by atoms with Crippen LogP contribution in [0.25, 0.3) is 11.3 Å². The third-order valence-electron chi connectivity index (χ3n) is 5.60. The maximum Gasteiger partial charge on any atom is 0.223 e. The number of hydrogen-bond donors (Lipinski definition) is 0. The Morgan fingerprint density at radius 3 is 2.68 bits per heavy atom. The summed E-state index contributed by atoms with van der Waals surface area (Å²) in [7, 11) is 3.23. The number of methoxy groups -OCH3 is 2. The molecule has 0 saturated carbocycles. The maximum atomic E-state index is 13.0. The SMILES string of the molecule is COc1ccc([C@@H]2CCCN2C(=O)CCc2ncc(-c3ccc(Cl)cc3)o2)cc1OC. The van der Waals surface area contributed by atoms with E-state index in [0.717, 1.165) is 30.5 Å². The standard InChI is InChI=1S/C24H25ClN2O4/c1-29-20-10-7-17(14-21(20)30-2)19-4-3-13-27(19)24(28)12-11-23-26-15-22(31-23)16-5-8-18(25)9-6-16/h5-10,14-15,19H,3-4,11-13H2,1-2H3/t19-/m0/s1. The molecule has 0 aliphatic carbocycles. The monoisotopic (exact) mass is 440 g/mol. The molecule has 1 aliphatic rings. The lowest BCUT2D eigenvalue weighted by Gasteiger charge is -2.25. The van der Waals surface area contributed by atoms with Gasteiger partial charge in [0.05, 0.1) is 26.5 Å². The molecule has 4 rings (SSSR count). The molecule has 2 heterocycles. The van der Waals surface area contributed by atoms with Gasteiger partial charge < -0.3 is 18.8 Å². The van der Waals surface area contributed by atoms with Crippen molar-refractivity contribution in [1.29, 1.82) is 0 Å². The largest absolute Gasteiger partial charge is 0.493 e. The van der Waals surface area contributed by atoms with Crippen LogP contribution in [0.5, 0.6) is 11.5 Å². The summed E-state index contributed by atoms with van der Waals surface area (Å²) in [4.78, 5) is 19.3. The minimum Gasteiger partial charge on any atom is -0.493 e. The maximum absolute atomic E-state index is 13.0. The summed E-state index contributed by atoms with van der Waals surface area (Å²) in [6.07, 6.45) is 4.41. The van der Waals surface area contributed by atoms with E-state index >= 15 is 0 Å². The molecule has 2 aromatic carbocycles. The Bertz CT molecular complexity index is 1050. The number of amides is 1. The fourth-order valence-corrected chi connectivity index (χ4v) is 4.13. The Morgan fingerprint density at radius 1 is 1.16 bits per heavy atom. The number of halogens is 1. The van der Waals surface area contributed by atoms with Gasteiger partial charge in [0, 0.05) is 30.0 Å². The van der Waals surface area contributed by atoms with Gasteiger partial charge in [-0.1, -0.05) is 17.7 Å². The lowest BCUT2D eigenvalue weighted by Crippen LogP contribution is -2.30. The predicted molar refractivity (Wildman–Crippen MR) is 119 cm³/mol. The van der Waals surface area contributed by atoms with Gasteiger partial charge in [-0.15, -0.1) is 0 Å². The summed E-state index contributed by atoms with van der Waals surface area (Å²) in [6.45, 7) is 0.749. The first-order chi connectivity index (χ1) is 15.1. The number of aryl methyl sites for hydroxylation is 1. The Kier molecular flexibility index (Phi) is 6.47. The van der Waals surface area contributed by atoms with E-state index in [1.54, 1.807) is 20.4 Å². The summed E-state index contributed by atoms with van der Waals surface area (Å²) in [5.74, 6) is 2.68. The molecule has 0 unspecified atom stereocenters. The number of benzene rings is 2. The molecule has 6 nitrogen and oxygen atoms in total. The van der Waals surface area contributed by atoms with Gasteiger partial charge in [0.2, 0.25) is 5.91 Å². The average Bonchev–Trinajstić information content (AvgIpc) is 3.47. The molecule has 7 heteroatoms. The Balaban J connectivity index is 1.41. The van der Waals surface area contributed by atoms with E-state index < -0.39 is 0 Å². The van der Waals surface area contributed by atoms with Crippen LogP contribution < -0.4 is 9.47 Å². The summed E-state index contributed by atoms with van der Waals surface area (Å²) >= 11 is 5.94. The van der Waals surface area contributed by atoms with Crippen molar-refractivity contribution in [3.8, 4) is 22.8 Å². The van der Waals surface area contributed by atoms with Crippen LogP contribution in [-0.4, -0.2) is 36.6 Å². The molecule has 0 bridgehead atoms. The van der Waals surface area contributed by atoms with E-state index in [4.69, 9.17) is 25.5 Å². The van der Waals surface area contributed by atoms with Crippen molar-refractivity contribution in [3.05, 3.63) is 65.1 Å². The summed E-state index contributed by atoms with van der Waals surface area (Å²) < 4.78 is 16.6. The topological polar surface area (TPSA) is 64.8 Å². The van der Waals surface area contributed by atoms with Crippen LogP contribution in [-0.2, 0) is 11.2 Å². The van der Waals surface area contributed by atoms with Crippen LogP contribution >= 0.6 is 11.6 Å². The Labute approximate surface area is 186 Å². The van der Waals surface area contributed by atoms with Crippen LogP contribution in [0, 0.1) is 0 Å². The number of oxazole rings is 1. The number of ether oxygens (including phenoxy) is 2. The predicted octanol–water partition coefficient (Wildman–Crippen LogP) is 5.31. The van der Waals surface area contributed by atoms with Crippen LogP contribution in [0.4, 0.5) is 0 Å². The van der Waals surface area contributed by atoms with Gasteiger partial charge in [0.25, 0.3) is 0 Å². The molecule has 0 N–H and O–H groups in total. The van der Waals surface area contributed by atoms with Crippen LogP contribution in [0.15, 0.2) is 53.1 Å². The number of carbonyl (C=O) groups is 1. The highest BCUT2D eigenvalue weighted by Crippen LogP contribution is 2.37.